The van der Waals surface area contributed by atoms with Gasteiger partial charge in [0.05, 0.1) is 20.1 Å². The van der Waals surface area contributed by atoms with Crippen molar-refractivity contribution >= 4 is 34.4 Å². The number of rotatable bonds is 10. The van der Waals surface area contributed by atoms with Crippen LogP contribution in [0.25, 0.3) is 17.1 Å². The van der Waals surface area contributed by atoms with Crippen molar-refractivity contribution in [2.75, 3.05) is 13.7 Å². The molecule has 0 N–H and O–H groups in total. The number of esters is 1. The lowest BCUT2D eigenvalue weighted by molar-refractivity contribution is -0.143. The predicted octanol–water partition coefficient (Wildman–Crippen LogP) is 5.22. The van der Waals surface area contributed by atoms with Gasteiger partial charge in [0, 0.05) is 46.5 Å². The number of thiazole rings is 1. The van der Waals surface area contributed by atoms with E-state index >= 15 is 0 Å². The van der Waals surface area contributed by atoms with Gasteiger partial charge < -0.3 is 9.47 Å². The molecule has 0 spiro atoms. The third kappa shape index (κ3) is 6.02. The van der Waals surface area contributed by atoms with Gasteiger partial charge in [-0.25, -0.2) is 19.9 Å². The summed E-state index contributed by atoms with van der Waals surface area (Å²) in [6.45, 7) is 2.15. The number of ether oxygens (including phenoxy) is 2. The lowest BCUT2D eigenvalue weighted by Crippen LogP contribution is -2.11. The minimum absolute atomic E-state index is 0.209. The number of nitrogens with zero attached hydrogens (tertiary/aromatic N) is 4. The molecule has 4 aromatic heterocycles. The fraction of sp³-hybridized carbons (Fsp3) is 0.269. The predicted molar refractivity (Wildman–Crippen MR) is 133 cm³/mol. The third-order valence-corrected chi connectivity index (χ3v) is 6.33. The second-order valence-electron chi connectivity index (χ2n) is 7.59. The standard InChI is InChI=1S/C26H26N4O3S/c1-3-33-24(31)15-22(19-11-13-23(32-2)28-16-19)26-29-17-21(34-26)9-5-4-8-20-12-10-18-7-6-14-27-25(18)30-20/h5-7,9-14,16-17,22H,3-4,8,15H2,1-2H3/b9-5+. The Bertz CT molecular complexity index is 1270. The molecule has 7 nitrogen and oxygen atoms in total. The molecule has 1 atom stereocenters. The van der Waals surface area contributed by atoms with Crippen molar-refractivity contribution in [2.45, 2.75) is 32.1 Å². The van der Waals surface area contributed by atoms with Crippen LogP contribution in [0.2, 0.25) is 0 Å². The number of carbonyl (C=O) groups excluding carboxylic acids is 1. The Morgan fingerprint density at radius 3 is 2.82 bits per heavy atom. The average Bonchev–Trinajstić information content (AvgIpc) is 3.34. The van der Waals surface area contributed by atoms with Gasteiger partial charge in [-0.2, -0.15) is 0 Å². The number of allylic oxidation sites excluding steroid dienone is 1. The minimum Gasteiger partial charge on any atom is -0.481 e. The number of pyridine rings is 3. The second kappa shape index (κ2) is 11.5. The third-order valence-electron chi connectivity index (χ3n) is 5.26. The van der Waals surface area contributed by atoms with E-state index in [1.54, 1.807) is 43.8 Å². The number of carbonyl (C=O) groups is 1. The van der Waals surface area contributed by atoms with Gasteiger partial charge in [0.1, 0.15) is 5.01 Å². The zero-order valence-corrected chi connectivity index (χ0v) is 20.0. The zero-order valence-electron chi connectivity index (χ0n) is 19.2. The number of aromatic nitrogens is 4. The summed E-state index contributed by atoms with van der Waals surface area (Å²) in [4.78, 5) is 31.1. The van der Waals surface area contributed by atoms with Crippen LogP contribution in [0.1, 0.15) is 46.8 Å². The van der Waals surface area contributed by atoms with Crippen molar-refractivity contribution in [2.24, 2.45) is 0 Å². The molecule has 8 heteroatoms. The highest BCUT2D eigenvalue weighted by Gasteiger charge is 2.22. The van der Waals surface area contributed by atoms with E-state index in [0.29, 0.717) is 12.5 Å². The summed E-state index contributed by atoms with van der Waals surface area (Å²) in [7, 11) is 1.57. The molecule has 0 radical (unpaired) electrons. The van der Waals surface area contributed by atoms with Crippen LogP contribution < -0.4 is 4.74 Å². The molecule has 0 aliphatic rings. The maximum absolute atomic E-state index is 12.2. The lowest BCUT2D eigenvalue weighted by Gasteiger charge is -2.14. The first-order chi connectivity index (χ1) is 16.7. The smallest absolute Gasteiger partial charge is 0.306 e. The van der Waals surface area contributed by atoms with Gasteiger partial charge in [0.25, 0.3) is 0 Å². The molecule has 4 rings (SSSR count). The Morgan fingerprint density at radius 1 is 1.12 bits per heavy atom. The highest BCUT2D eigenvalue weighted by molar-refractivity contribution is 7.12. The van der Waals surface area contributed by atoms with E-state index in [4.69, 9.17) is 9.47 Å². The highest BCUT2D eigenvalue weighted by atomic mass is 32.1. The van der Waals surface area contributed by atoms with Crippen LogP contribution in [0, 0.1) is 0 Å². The number of hydrogen-bond donors (Lipinski definition) is 0. The Morgan fingerprint density at radius 2 is 2.03 bits per heavy atom. The fourth-order valence-corrected chi connectivity index (χ4v) is 4.53. The molecule has 0 saturated heterocycles. The molecule has 0 bridgehead atoms. The maximum Gasteiger partial charge on any atom is 0.306 e. The van der Waals surface area contributed by atoms with E-state index in [-0.39, 0.29) is 18.3 Å². The summed E-state index contributed by atoms with van der Waals surface area (Å²) >= 11 is 1.56. The van der Waals surface area contributed by atoms with Gasteiger partial charge in [-0.1, -0.05) is 12.1 Å². The first kappa shape index (κ1) is 23.5. The molecule has 0 amide bonds. The van der Waals surface area contributed by atoms with E-state index in [9.17, 15) is 4.79 Å². The van der Waals surface area contributed by atoms with E-state index in [1.807, 2.05) is 30.5 Å². The van der Waals surface area contributed by atoms with Gasteiger partial charge in [0.15, 0.2) is 5.65 Å². The Labute approximate surface area is 202 Å². The van der Waals surface area contributed by atoms with Crippen LogP contribution in [0.5, 0.6) is 5.88 Å². The molecule has 4 aromatic rings. The van der Waals surface area contributed by atoms with E-state index in [0.717, 1.165) is 45.0 Å². The zero-order chi connectivity index (χ0) is 23.8. The largest absolute Gasteiger partial charge is 0.481 e. The van der Waals surface area contributed by atoms with Crippen molar-refractivity contribution in [1.82, 2.24) is 19.9 Å². The summed E-state index contributed by atoms with van der Waals surface area (Å²) < 4.78 is 10.3. The molecule has 174 valence electrons. The van der Waals surface area contributed by atoms with Crippen molar-refractivity contribution < 1.29 is 14.3 Å². The molecule has 0 saturated carbocycles. The van der Waals surface area contributed by atoms with E-state index in [1.165, 1.54) is 0 Å². The number of methoxy groups -OCH3 is 1. The molecule has 0 aromatic carbocycles. The molecular weight excluding hydrogens is 448 g/mol. The van der Waals surface area contributed by atoms with Crippen molar-refractivity contribution in [3.05, 3.63) is 82.2 Å². The number of hydrogen-bond acceptors (Lipinski definition) is 8. The van der Waals surface area contributed by atoms with Crippen molar-refractivity contribution in [3.8, 4) is 5.88 Å². The van der Waals surface area contributed by atoms with Crippen molar-refractivity contribution in [1.29, 1.82) is 0 Å². The van der Waals surface area contributed by atoms with Gasteiger partial charge in [-0.3, -0.25) is 4.79 Å². The summed E-state index contributed by atoms with van der Waals surface area (Å²) in [5, 5.41) is 1.89. The Kier molecular flexibility index (Phi) is 7.93. The summed E-state index contributed by atoms with van der Waals surface area (Å²) in [5.41, 5.74) is 2.69. The van der Waals surface area contributed by atoms with Crippen LogP contribution in [-0.2, 0) is 16.0 Å². The molecule has 0 aliphatic carbocycles. The number of fused-ring (bicyclic) bond motifs is 1. The maximum atomic E-state index is 12.2. The van der Waals surface area contributed by atoms with Crippen LogP contribution in [-0.4, -0.2) is 39.6 Å². The highest BCUT2D eigenvalue weighted by Crippen LogP contribution is 2.32. The summed E-state index contributed by atoms with van der Waals surface area (Å²) in [6, 6.07) is 11.7. The molecule has 1 unspecified atom stereocenters. The first-order valence-corrected chi connectivity index (χ1v) is 12.0. The monoisotopic (exact) mass is 474 g/mol. The van der Waals surface area contributed by atoms with Crippen LogP contribution in [0.4, 0.5) is 0 Å². The Hall–Kier alpha value is -3.65. The van der Waals surface area contributed by atoms with Gasteiger partial charge in [0.2, 0.25) is 5.88 Å². The molecule has 34 heavy (non-hydrogen) atoms. The van der Waals surface area contributed by atoms with Crippen LogP contribution in [0.15, 0.2) is 61.1 Å². The SMILES string of the molecule is CCOC(=O)CC(c1ccc(OC)nc1)c1ncc(/C=C/CCc2ccc3cccnc3n2)s1. The molecular formula is C26H26N4O3S. The quantitative estimate of drug-likeness (QED) is 0.291. The van der Waals surface area contributed by atoms with E-state index in [2.05, 4.69) is 38.2 Å². The molecule has 0 fully saturated rings. The fourth-order valence-electron chi connectivity index (χ4n) is 3.55. The van der Waals surface area contributed by atoms with Crippen LogP contribution in [0.3, 0.4) is 0 Å². The van der Waals surface area contributed by atoms with E-state index < -0.39 is 0 Å². The van der Waals surface area contributed by atoms with Crippen LogP contribution >= 0.6 is 11.3 Å². The van der Waals surface area contributed by atoms with Gasteiger partial charge >= 0.3 is 5.97 Å². The number of aryl methyl sites for hydroxylation is 1. The normalized spacial score (nSPS) is 12.2. The van der Waals surface area contributed by atoms with Gasteiger partial charge in [-0.15, -0.1) is 11.3 Å². The molecule has 0 aliphatic heterocycles. The van der Waals surface area contributed by atoms with Crippen molar-refractivity contribution in [3.63, 3.8) is 0 Å². The summed E-state index contributed by atoms with van der Waals surface area (Å²) in [5.74, 6) is 0.0463. The van der Waals surface area contributed by atoms with Gasteiger partial charge in [-0.05, 0) is 55.7 Å². The first-order valence-electron chi connectivity index (χ1n) is 11.1. The Balaban J connectivity index is 1.43. The second-order valence-corrected chi connectivity index (χ2v) is 8.68. The topological polar surface area (TPSA) is 87.1 Å². The lowest BCUT2D eigenvalue weighted by atomic mass is 9.98. The summed E-state index contributed by atoms with van der Waals surface area (Å²) in [6.07, 6.45) is 11.4. The average molecular weight is 475 g/mol. The minimum atomic E-state index is -0.256. The molecule has 4 heterocycles.